The Morgan fingerprint density at radius 3 is 2.12 bits per heavy atom. The van der Waals surface area contributed by atoms with Crippen LogP contribution in [-0.4, -0.2) is 50.9 Å². The highest BCUT2D eigenvalue weighted by atomic mass is 32.2. The summed E-state index contributed by atoms with van der Waals surface area (Å²) in [5.74, 6) is -0.689. The van der Waals surface area contributed by atoms with Gasteiger partial charge in [-0.15, -0.1) is 0 Å². The Morgan fingerprint density at radius 2 is 1.56 bits per heavy atom. The molecule has 0 aliphatic carbocycles. The Bertz CT molecular complexity index is 1380. The lowest BCUT2D eigenvalue weighted by Gasteiger charge is -2.33. The lowest BCUT2D eigenvalue weighted by molar-refractivity contribution is -0.140. The number of benzene rings is 3. The molecule has 0 bridgehead atoms. The van der Waals surface area contributed by atoms with Gasteiger partial charge in [-0.2, -0.15) is 0 Å². The van der Waals surface area contributed by atoms with Crippen LogP contribution in [0.25, 0.3) is 0 Å². The van der Waals surface area contributed by atoms with E-state index in [0.29, 0.717) is 25.3 Å². The van der Waals surface area contributed by atoms with Crippen molar-refractivity contribution in [3.8, 4) is 5.75 Å². The molecule has 0 aliphatic heterocycles. The summed E-state index contributed by atoms with van der Waals surface area (Å²) in [6, 6.07) is 19.2. The molecule has 3 aromatic carbocycles. The molecule has 0 spiro atoms. The van der Waals surface area contributed by atoms with Crippen LogP contribution in [0.2, 0.25) is 0 Å². The zero-order valence-electron chi connectivity index (χ0n) is 23.9. The maximum Gasteiger partial charge on any atom is 0.264 e. The number of nitrogens with zero attached hydrogens (tertiary/aromatic N) is 2. The average Bonchev–Trinajstić information content (AvgIpc) is 2.96. The number of sulfonamides is 1. The number of hydrogen-bond donors (Lipinski definition) is 1. The van der Waals surface area contributed by atoms with Gasteiger partial charge in [0.15, 0.2) is 0 Å². The number of anilines is 1. The van der Waals surface area contributed by atoms with Gasteiger partial charge in [0.1, 0.15) is 24.2 Å². The van der Waals surface area contributed by atoms with Crippen LogP contribution in [0.1, 0.15) is 39.7 Å². The number of ether oxygens (including phenoxy) is 1. The standard InChI is InChI=1S/C31H38FN3O5S/c1-5-29(31(37)33-20-23(3)4)34(21-24-10-8-7-9-11-24)30(36)22-35(26-14-16-27(17-15-26)40-6-2)41(38,39)28-18-12-25(32)13-19-28/h7-19,23,29H,5-6,20-22H2,1-4H3,(H,33,37). The van der Waals surface area contributed by atoms with Gasteiger partial charge in [-0.25, -0.2) is 12.8 Å². The number of carbonyl (C=O) groups is 2. The second kappa shape index (κ2) is 14.6. The predicted molar refractivity (Wildman–Crippen MR) is 157 cm³/mol. The van der Waals surface area contributed by atoms with Crippen LogP contribution in [-0.2, 0) is 26.2 Å². The molecule has 0 saturated heterocycles. The fourth-order valence-corrected chi connectivity index (χ4v) is 5.67. The Hall–Kier alpha value is -3.92. The molecule has 3 rings (SSSR count). The molecule has 0 aliphatic rings. The highest BCUT2D eigenvalue weighted by Gasteiger charge is 2.33. The van der Waals surface area contributed by atoms with Gasteiger partial charge in [-0.3, -0.25) is 13.9 Å². The Morgan fingerprint density at radius 1 is 0.927 bits per heavy atom. The SMILES string of the molecule is CCOc1ccc(N(CC(=O)N(Cc2ccccc2)C(CC)C(=O)NCC(C)C)S(=O)(=O)c2ccc(F)cc2)cc1. The van der Waals surface area contributed by atoms with E-state index in [0.717, 1.165) is 34.1 Å². The summed E-state index contributed by atoms with van der Waals surface area (Å²) in [6.07, 6.45) is 0.330. The number of amides is 2. The molecule has 0 saturated carbocycles. The topological polar surface area (TPSA) is 96.0 Å². The summed E-state index contributed by atoms with van der Waals surface area (Å²) < 4.78 is 47.8. The molecule has 0 heterocycles. The lowest BCUT2D eigenvalue weighted by atomic mass is 10.1. The largest absolute Gasteiger partial charge is 0.494 e. The van der Waals surface area contributed by atoms with Crippen LogP contribution in [0.5, 0.6) is 5.75 Å². The third-order valence-corrected chi connectivity index (χ3v) is 8.17. The molecule has 41 heavy (non-hydrogen) atoms. The van der Waals surface area contributed by atoms with Gasteiger partial charge >= 0.3 is 0 Å². The maximum atomic E-state index is 14.0. The number of halogens is 1. The van der Waals surface area contributed by atoms with E-state index < -0.39 is 34.3 Å². The number of hydrogen-bond acceptors (Lipinski definition) is 5. The fraction of sp³-hybridized carbons (Fsp3) is 0.355. The maximum absolute atomic E-state index is 14.0. The van der Waals surface area contributed by atoms with Crippen molar-refractivity contribution in [1.82, 2.24) is 10.2 Å². The van der Waals surface area contributed by atoms with Crippen molar-refractivity contribution in [2.24, 2.45) is 5.92 Å². The third-order valence-electron chi connectivity index (χ3n) is 6.38. The molecule has 2 amide bonds. The number of carbonyl (C=O) groups excluding carboxylic acids is 2. The molecule has 3 aromatic rings. The zero-order valence-corrected chi connectivity index (χ0v) is 24.7. The lowest BCUT2D eigenvalue weighted by Crippen LogP contribution is -2.52. The van der Waals surface area contributed by atoms with Crippen molar-refractivity contribution in [1.29, 1.82) is 0 Å². The fourth-order valence-electron chi connectivity index (χ4n) is 4.26. The smallest absolute Gasteiger partial charge is 0.264 e. The van der Waals surface area contributed by atoms with Crippen molar-refractivity contribution in [2.45, 2.75) is 51.6 Å². The van der Waals surface area contributed by atoms with Gasteiger partial charge in [-0.05, 0) is 73.4 Å². The average molecular weight is 584 g/mol. The summed E-state index contributed by atoms with van der Waals surface area (Å²) in [5, 5.41) is 2.90. The van der Waals surface area contributed by atoms with E-state index >= 15 is 0 Å². The van der Waals surface area contributed by atoms with Crippen molar-refractivity contribution in [3.05, 3.63) is 90.2 Å². The van der Waals surface area contributed by atoms with Gasteiger partial charge in [0.25, 0.3) is 10.0 Å². The van der Waals surface area contributed by atoms with Gasteiger partial charge in [0.05, 0.1) is 17.2 Å². The molecule has 1 atom stereocenters. The second-order valence-electron chi connectivity index (χ2n) is 9.96. The van der Waals surface area contributed by atoms with Gasteiger partial charge in [-0.1, -0.05) is 51.1 Å². The van der Waals surface area contributed by atoms with E-state index in [-0.39, 0.29) is 29.0 Å². The second-order valence-corrected chi connectivity index (χ2v) is 11.8. The summed E-state index contributed by atoms with van der Waals surface area (Å²) >= 11 is 0. The minimum atomic E-state index is -4.29. The molecular weight excluding hydrogens is 545 g/mol. The first-order chi connectivity index (χ1) is 19.6. The van der Waals surface area contributed by atoms with Crippen molar-refractivity contribution in [3.63, 3.8) is 0 Å². The van der Waals surface area contributed by atoms with Gasteiger partial charge in [0.2, 0.25) is 11.8 Å². The summed E-state index contributed by atoms with van der Waals surface area (Å²) in [4.78, 5) is 28.5. The van der Waals surface area contributed by atoms with E-state index in [1.54, 1.807) is 24.3 Å². The molecule has 220 valence electrons. The first kappa shape index (κ1) is 31.6. The molecule has 0 aromatic heterocycles. The zero-order chi connectivity index (χ0) is 30.0. The summed E-state index contributed by atoms with van der Waals surface area (Å²) in [6.45, 7) is 8.01. The summed E-state index contributed by atoms with van der Waals surface area (Å²) in [5.41, 5.74) is 1.02. The van der Waals surface area contributed by atoms with E-state index in [9.17, 15) is 22.4 Å². The molecule has 1 unspecified atom stereocenters. The highest BCUT2D eigenvalue weighted by molar-refractivity contribution is 7.92. The Kier molecular flexibility index (Phi) is 11.3. The summed E-state index contributed by atoms with van der Waals surface area (Å²) in [7, 11) is -4.29. The van der Waals surface area contributed by atoms with Crippen molar-refractivity contribution >= 4 is 27.5 Å². The van der Waals surface area contributed by atoms with Crippen LogP contribution in [0.15, 0.2) is 83.8 Å². The number of nitrogens with one attached hydrogen (secondary N) is 1. The molecule has 10 heteroatoms. The molecular formula is C31H38FN3O5S. The van der Waals surface area contributed by atoms with Crippen LogP contribution >= 0.6 is 0 Å². The van der Waals surface area contributed by atoms with Crippen LogP contribution < -0.4 is 14.4 Å². The first-order valence-electron chi connectivity index (χ1n) is 13.7. The van der Waals surface area contributed by atoms with Crippen molar-refractivity contribution in [2.75, 3.05) is 24.0 Å². The third kappa shape index (κ3) is 8.53. The van der Waals surface area contributed by atoms with Crippen molar-refractivity contribution < 1.29 is 27.1 Å². The molecule has 0 radical (unpaired) electrons. The molecule has 8 nitrogen and oxygen atoms in total. The number of rotatable bonds is 14. The predicted octanol–water partition coefficient (Wildman–Crippen LogP) is 5.00. The van der Waals surface area contributed by atoms with E-state index in [1.807, 2.05) is 58.0 Å². The first-order valence-corrected chi connectivity index (χ1v) is 15.1. The quantitative estimate of drug-likeness (QED) is 0.288. The Balaban J connectivity index is 2.03. The monoisotopic (exact) mass is 583 g/mol. The van der Waals surface area contributed by atoms with Gasteiger partial charge in [0, 0.05) is 13.1 Å². The Labute approximate surface area is 242 Å². The van der Waals surface area contributed by atoms with Gasteiger partial charge < -0.3 is 15.0 Å². The van der Waals surface area contributed by atoms with E-state index in [2.05, 4.69) is 5.32 Å². The minimum Gasteiger partial charge on any atom is -0.494 e. The highest BCUT2D eigenvalue weighted by Crippen LogP contribution is 2.27. The molecule has 1 N–H and O–H groups in total. The van der Waals surface area contributed by atoms with Crippen LogP contribution in [0.3, 0.4) is 0 Å². The minimum absolute atomic E-state index is 0.112. The molecule has 0 fully saturated rings. The normalized spacial score (nSPS) is 12.0. The van der Waals surface area contributed by atoms with E-state index in [1.165, 1.54) is 4.90 Å². The van der Waals surface area contributed by atoms with Crippen LogP contribution in [0.4, 0.5) is 10.1 Å². The van der Waals surface area contributed by atoms with Crippen LogP contribution in [0, 0.1) is 11.7 Å². The van der Waals surface area contributed by atoms with E-state index in [4.69, 9.17) is 4.74 Å².